The Hall–Kier alpha value is -1.02. The van der Waals surface area contributed by atoms with Crippen molar-refractivity contribution in [2.75, 3.05) is 7.11 Å². The van der Waals surface area contributed by atoms with Crippen LogP contribution in [0.2, 0.25) is 5.02 Å². The fourth-order valence-corrected chi connectivity index (χ4v) is 1.75. The van der Waals surface area contributed by atoms with E-state index in [9.17, 15) is 30.7 Å². The van der Waals surface area contributed by atoms with Crippen LogP contribution in [0.15, 0.2) is 12.1 Å². The highest BCUT2D eigenvalue weighted by molar-refractivity contribution is 6.30. The number of hydrogen-bond acceptors (Lipinski definition) is 1. The van der Waals surface area contributed by atoms with Crippen molar-refractivity contribution in [2.24, 2.45) is 0 Å². The van der Waals surface area contributed by atoms with Gasteiger partial charge in [-0.1, -0.05) is 11.6 Å². The van der Waals surface area contributed by atoms with Crippen LogP contribution in [0.25, 0.3) is 0 Å². The van der Waals surface area contributed by atoms with Gasteiger partial charge in [-0.05, 0) is 17.7 Å². The summed E-state index contributed by atoms with van der Waals surface area (Å²) in [5, 5.41) is -0.579. The van der Waals surface area contributed by atoms with E-state index < -0.39 is 28.6 Å². The molecule has 0 aliphatic rings. The minimum Gasteiger partial charge on any atom is -0.380 e. The van der Waals surface area contributed by atoms with Gasteiger partial charge in [-0.3, -0.25) is 0 Å². The number of hydrogen-bond donors (Lipinski definition) is 0. The summed E-state index contributed by atoms with van der Waals surface area (Å²) in [4.78, 5) is 0. The summed E-state index contributed by atoms with van der Waals surface area (Å²) in [7, 11) is 1.16. The summed E-state index contributed by atoms with van der Waals surface area (Å²) in [6, 6.07) is 2.87. The summed E-state index contributed by atoms with van der Waals surface area (Å²) in [5.41, 5.74) is -7.40. The number of halogens is 8. The fraction of sp³-hybridized carbons (Fsp3) is 0.455. The van der Waals surface area contributed by atoms with Crippen molar-refractivity contribution >= 4 is 11.6 Å². The summed E-state index contributed by atoms with van der Waals surface area (Å²) >= 11 is 5.38. The van der Waals surface area contributed by atoms with Crippen molar-refractivity contribution in [1.82, 2.24) is 0 Å². The van der Waals surface area contributed by atoms with Crippen LogP contribution in [-0.4, -0.2) is 19.5 Å². The summed E-state index contributed by atoms with van der Waals surface area (Å²) in [6.45, 7) is -0.362. The largest absolute Gasteiger partial charge is 0.435 e. The van der Waals surface area contributed by atoms with Crippen molar-refractivity contribution in [3.8, 4) is 0 Å². The van der Waals surface area contributed by atoms with Gasteiger partial charge in [0.2, 0.25) is 0 Å². The second-order valence-electron chi connectivity index (χ2n) is 3.83. The molecule has 0 spiro atoms. The molecule has 9 heteroatoms. The molecule has 1 aromatic rings. The van der Waals surface area contributed by atoms with Crippen molar-refractivity contribution in [3.05, 3.63) is 34.3 Å². The Labute approximate surface area is 114 Å². The van der Waals surface area contributed by atoms with E-state index in [0.717, 1.165) is 7.11 Å². The van der Waals surface area contributed by atoms with Crippen LogP contribution in [0.1, 0.15) is 11.1 Å². The van der Waals surface area contributed by atoms with E-state index in [2.05, 4.69) is 10.8 Å². The molecule has 20 heavy (non-hydrogen) atoms. The second-order valence-corrected chi connectivity index (χ2v) is 4.24. The predicted molar refractivity (Wildman–Crippen MR) is 55.9 cm³/mol. The summed E-state index contributed by atoms with van der Waals surface area (Å²) in [6.07, 6.45) is -12.4. The SMILES string of the molecule is COCc1[c]c(Cl)cc(C(F)(C(F)(F)F)C(F)(F)F)c1. The number of rotatable bonds is 3. The van der Waals surface area contributed by atoms with Gasteiger partial charge in [-0.2, -0.15) is 26.3 Å². The van der Waals surface area contributed by atoms with Crippen LogP contribution in [0.4, 0.5) is 30.7 Å². The summed E-state index contributed by atoms with van der Waals surface area (Å²) in [5.74, 6) is 0. The highest BCUT2D eigenvalue weighted by Crippen LogP contribution is 2.53. The second kappa shape index (κ2) is 5.40. The first-order valence-corrected chi connectivity index (χ1v) is 5.34. The Morgan fingerprint density at radius 1 is 1.05 bits per heavy atom. The highest BCUT2D eigenvalue weighted by Gasteiger charge is 2.73. The molecular weight excluding hydrogens is 317 g/mol. The minimum absolute atomic E-state index is 0.231. The quantitative estimate of drug-likeness (QED) is 0.740. The number of benzene rings is 1. The molecule has 0 N–H and O–H groups in total. The van der Waals surface area contributed by atoms with E-state index in [1.54, 1.807) is 0 Å². The molecule has 1 rings (SSSR count). The first-order valence-electron chi connectivity index (χ1n) is 4.97. The van der Waals surface area contributed by atoms with E-state index in [0.29, 0.717) is 6.07 Å². The van der Waals surface area contributed by atoms with Gasteiger partial charge < -0.3 is 4.74 Å². The zero-order chi connectivity index (χ0) is 15.8. The van der Waals surface area contributed by atoms with Crippen LogP contribution in [0, 0.1) is 6.07 Å². The lowest BCUT2D eigenvalue weighted by atomic mass is 9.93. The molecule has 1 nitrogen and oxygen atoms in total. The molecule has 0 fully saturated rings. The first-order chi connectivity index (χ1) is 8.93. The average Bonchev–Trinajstić information content (AvgIpc) is 2.24. The van der Waals surface area contributed by atoms with Gasteiger partial charge in [-0.15, -0.1) is 0 Å². The van der Waals surface area contributed by atoms with E-state index in [4.69, 9.17) is 11.6 Å². The molecule has 0 saturated heterocycles. The monoisotopic (exact) mass is 323 g/mol. The topological polar surface area (TPSA) is 9.23 Å². The van der Waals surface area contributed by atoms with Gasteiger partial charge in [0, 0.05) is 23.8 Å². The van der Waals surface area contributed by atoms with E-state index in [1.165, 1.54) is 0 Å². The Morgan fingerprint density at radius 3 is 1.95 bits per heavy atom. The molecule has 0 unspecified atom stereocenters. The maximum Gasteiger partial charge on any atom is 0.435 e. The molecule has 0 amide bonds. The van der Waals surface area contributed by atoms with Crippen LogP contribution in [0.5, 0.6) is 0 Å². The smallest absolute Gasteiger partial charge is 0.380 e. The van der Waals surface area contributed by atoms with Crippen LogP contribution >= 0.6 is 11.6 Å². The molecule has 113 valence electrons. The van der Waals surface area contributed by atoms with Crippen LogP contribution in [0.3, 0.4) is 0 Å². The van der Waals surface area contributed by atoms with Gasteiger partial charge >= 0.3 is 18.0 Å². The maximum atomic E-state index is 13.8. The van der Waals surface area contributed by atoms with E-state index in [1.807, 2.05) is 0 Å². The molecule has 1 radical (unpaired) electrons. The first kappa shape index (κ1) is 17.0. The molecule has 0 atom stereocenters. The maximum absolute atomic E-state index is 13.8. The van der Waals surface area contributed by atoms with E-state index in [-0.39, 0.29) is 18.2 Å². The summed E-state index contributed by atoms with van der Waals surface area (Å²) < 4.78 is 93.7. The highest BCUT2D eigenvalue weighted by atomic mass is 35.5. The Kier molecular flexibility index (Phi) is 4.60. The lowest BCUT2D eigenvalue weighted by Gasteiger charge is -2.30. The van der Waals surface area contributed by atoms with Crippen LogP contribution < -0.4 is 0 Å². The molecule has 0 heterocycles. The van der Waals surface area contributed by atoms with Gasteiger partial charge in [0.05, 0.1) is 6.61 Å². The molecule has 0 saturated carbocycles. The predicted octanol–water partition coefficient (Wildman–Crippen LogP) is 4.58. The molecule has 0 bridgehead atoms. The lowest BCUT2D eigenvalue weighted by Crippen LogP contribution is -2.50. The zero-order valence-corrected chi connectivity index (χ0v) is 10.5. The normalized spacial score (nSPS) is 13.7. The third-order valence-corrected chi connectivity index (χ3v) is 2.57. The average molecular weight is 324 g/mol. The van der Waals surface area contributed by atoms with Crippen molar-refractivity contribution in [3.63, 3.8) is 0 Å². The van der Waals surface area contributed by atoms with Crippen LogP contribution in [-0.2, 0) is 17.0 Å². The fourth-order valence-electron chi connectivity index (χ4n) is 1.51. The van der Waals surface area contributed by atoms with E-state index >= 15 is 0 Å². The number of ether oxygens (including phenoxy) is 1. The van der Waals surface area contributed by atoms with Crippen molar-refractivity contribution in [2.45, 2.75) is 24.6 Å². The third kappa shape index (κ3) is 3.01. The Morgan fingerprint density at radius 2 is 1.55 bits per heavy atom. The Bertz CT molecular complexity index is 467. The van der Waals surface area contributed by atoms with Gasteiger partial charge in [0.15, 0.2) is 0 Å². The van der Waals surface area contributed by atoms with Gasteiger partial charge in [0.1, 0.15) is 0 Å². The van der Waals surface area contributed by atoms with Crippen molar-refractivity contribution in [1.29, 1.82) is 0 Å². The minimum atomic E-state index is -6.18. The molecule has 0 aliphatic carbocycles. The number of alkyl halides is 7. The zero-order valence-electron chi connectivity index (χ0n) is 9.79. The standard InChI is InChI=1S/C11H7ClF7O/c1-20-5-6-2-7(4-8(12)3-6)9(13,10(14,15)16)11(17,18)19/h2,4H,5H2,1H3. The number of methoxy groups -OCH3 is 1. The lowest BCUT2D eigenvalue weighted by molar-refractivity contribution is -0.348. The molecule has 0 aliphatic heterocycles. The third-order valence-electron chi connectivity index (χ3n) is 2.37. The van der Waals surface area contributed by atoms with Crippen molar-refractivity contribution < 1.29 is 35.5 Å². The molecular formula is C11H7ClF7O. The molecule has 1 aromatic carbocycles. The molecule has 0 aromatic heterocycles. The Balaban J connectivity index is 3.51. The van der Waals surface area contributed by atoms with Gasteiger partial charge in [0.25, 0.3) is 0 Å². The van der Waals surface area contributed by atoms with Gasteiger partial charge in [-0.25, -0.2) is 4.39 Å².